The fourth-order valence-corrected chi connectivity index (χ4v) is 3.25. The Kier molecular flexibility index (Phi) is 5.35. The highest BCUT2D eigenvalue weighted by atomic mass is 17.2. The van der Waals surface area contributed by atoms with Gasteiger partial charge in [0.05, 0.1) is 6.61 Å². The Labute approximate surface area is 127 Å². The highest BCUT2D eigenvalue weighted by Gasteiger charge is 2.20. The molecule has 4 heteroatoms. The molecule has 0 aromatic heterocycles. The molecule has 4 aliphatic rings. The van der Waals surface area contributed by atoms with E-state index in [2.05, 4.69) is 22.8 Å². The van der Waals surface area contributed by atoms with Gasteiger partial charge in [-0.25, -0.2) is 0 Å². The zero-order chi connectivity index (χ0) is 14.3. The molecule has 2 aliphatic heterocycles. The maximum atomic E-state index is 5.12. The van der Waals surface area contributed by atoms with E-state index in [1.54, 1.807) is 0 Å². The standard InChI is InChI=1S/C9H12O2.C8H14N2/c1-2-6-9-8(4-1)5-3-7-10-11-9;1-2-4-8-7(3-1)9-5-6-10-8/h1-2,6,8H,3-5,7H2;3,8-10H,1-2,4-6H2. The van der Waals surface area contributed by atoms with Crippen LogP contribution in [0.3, 0.4) is 0 Å². The molecule has 4 nitrogen and oxygen atoms in total. The van der Waals surface area contributed by atoms with Gasteiger partial charge in [0.15, 0.2) is 0 Å². The van der Waals surface area contributed by atoms with Gasteiger partial charge in [-0.1, -0.05) is 18.2 Å². The van der Waals surface area contributed by atoms with Crippen molar-refractivity contribution in [2.75, 3.05) is 19.7 Å². The maximum absolute atomic E-state index is 5.12. The average molecular weight is 290 g/mol. The van der Waals surface area contributed by atoms with E-state index in [1.807, 2.05) is 12.2 Å². The van der Waals surface area contributed by atoms with Gasteiger partial charge in [0.25, 0.3) is 0 Å². The molecule has 0 amide bonds. The molecule has 0 saturated carbocycles. The summed E-state index contributed by atoms with van der Waals surface area (Å²) >= 11 is 0. The van der Waals surface area contributed by atoms with Crippen LogP contribution >= 0.6 is 0 Å². The third-order valence-corrected chi connectivity index (χ3v) is 4.44. The summed E-state index contributed by atoms with van der Waals surface area (Å²) in [6.45, 7) is 2.96. The molecule has 21 heavy (non-hydrogen) atoms. The van der Waals surface area contributed by atoms with E-state index in [0.29, 0.717) is 12.0 Å². The molecule has 0 aromatic carbocycles. The summed E-state index contributed by atoms with van der Waals surface area (Å²) in [5, 5.41) is 6.91. The van der Waals surface area contributed by atoms with Crippen LogP contribution in [0.4, 0.5) is 0 Å². The van der Waals surface area contributed by atoms with E-state index in [-0.39, 0.29) is 0 Å². The fourth-order valence-electron chi connectivity index (χ4n) is 3.25. The smallest absolute Gasteiger partial charge is 0.145 e. The second-order valence-corrected chi connectivity index (χ2v) is 6.00. The largest absolute Gasteiger partial charge is 0.386 e. The molecular formula is C17H26N2O2. The van der Waals surface area contributed by atoms with Crippen molar-refractivity contribution >= 4 is 0 Å². The number of piperazine rings is 1. The molecule has 2 heterocycles. The number of allylic oxidation sites excluding steroid dienone is 5. The summed E-state index contributed by atoms with van der Waals surface area (Å²) in [5.41, 5.74) is 1.44. The van der Waals surface area contributed by atoms with Crippen molar-refractivity contribution in [1.82, 2.24) is 10.6 Å². The van der Waals surface area contributed by atoms with E-state index in [0.717, 1.165) is 38.3 Å². The summed E-state index contributed by atoms with van der Waals surface area (Å²) in [6, 6.07) is 0.655. The topological polar surface area (TPSA) is 42.5 Å². The lowest BCUT2D eigenvalue weighted by molar-refractivity contribution is -0.260. The number of fused-ring (bicyclic) bond motifs is 2. The molecule has 2 aliphatic carbocycles. The Bertz CT molecular complexity index is 429. The van der Waals surface area contributed by atoms with Crippen molar-refractivity contribution in [3.8, 4) is 0 Å². The van der Waals surface area contributed by atoms with Crippen LogP contribution in [0, 0.1) is 5.92 Å². The predicted octanol–water partition coefficient (Wildman–Crippen LogP) is 2.80. The molecule has 2 fully saturated rings. The Morgan fingerprint density at radius 2 is 2.14 bits per heavy atom. The lowest BCUT2D eigenvalue weighted by Gasteiger charge is -2.30. The molecule has 4 rings (SSSR count). The quantitative estimate of drug-likeness (QED) is 0.673. The Hall–Kier alpha value is -1.26. The van der Waals surface area contributed by atoms with Gasteiger partial charge in [-0.2, -0.15) is 4.89 Å². The van der Waals surface area contributed by atoms with Crippen molar-refractivity contribution in [3.63, 3.8) is 0 Å². The average Bonchev–Trinajstić information content (AvgIpc) is 2.81. The van der Waals surface area contributed by atoms with Crippen molar-refractivity contribution in [3.05, 3.63) is 35.8 Å². The zero-order valence-corrected chi connectivity index (χ0v) is 12.6. The summed E-state index contributed by atoms with van der Waals surface area (Å²) in [7, 11) is 0. The van der Waals surface area contributed by atoms with E-state index >= 15 is 0 Å². The van der Waals surface area contributed by atoms with Gasteiger partial charge >= 0.3 is 0 Å². The minimum Gasteiger partial charge on any atom is -0.386 e. The van der Waals surface area contributed by atoms with Crippen LogP contribution in [0.5, 0.6) is 0 Å². The SMILES string of the molecule is C1=C2NCCNC2CCC1.C1=CCC2CCCOOC2=C1. The van der Waals surface area contributed by atoms with Gasteiger partial charge in [0, 0.05) is 30.7 Å². The fraction of sp³-hybridized carbons (Fsp3) is 0.647. The van der Waals surface area contributed by atoms with Crippen molar-refractivity contribution < 1.29 is 9.78 Å². The molecule has 116 valence electrons. The number of rotatable bonds is 0. The molecule has 0 aromatic rings. The summed E-state index contributed by atoms with van der Waals surface area (Å²) in [4.78, 5) is 10.1. The molecule has 0 spiro atoms. The Morgan fingerprint density at radius 3 is 3.10 bits per heavy atom. The summed E-state index contributed by atoms with van der Waals surface area (Å²) in [6.07, 6.45) is 15.9. The normalized spacial score (nSPS) is 30.9. The van der Waals surface area contributed by atoms with Crippen LogP contribution in [-0.2, 0) is 9.78 Å². The lowest BCUT2D eigenvalue weighted by atomic mass is 9.94. The highest BCUT2D eigenvalue weighted by molar-refractivity contribution is 5.16. The highest BCUT2D eigenvalue weighted by Crippen LogP contribution is 2.28. The third kappa shape index (κ3) is 4.11. The monoisotopic (exact) mass is 290 g/mol. The second kappa shape index (κ2) is 7.66. The van der Waals surface area contributed by atoms with Gasteiger partial charge in [-0.3, -0.25) is 0 Å². The minimum absolute atomic E-state index is 0.572. The second-order valence-electron chi connectivity index (χ2n) is 6.00. The van der Waals surface area contributed by atoms with Gasteiger partial charge in [0.2, 0.25) is 0 Å². The summed E-state index contributed by atoms with van der Waals surface area (Å²) < 4.78 is 0. The molecule has 0 radical (unpaired) electrons. The molecule has 2 atom stereocenters. The van der Waals surface area contributed by atoms with Crippen LogP contribution in [0.15, 0.2) is 35.8 Å². The van der Waals surface area contributed by atoms with E-state index in [1.165, 1.54) is 31.4 Å². The lowest BCUT2D eigenvalue weighted by Crippen LogP contribution is -2.47. The van der Waals surface area contributed by atoms with Crippen LogP contribution in [0.2, 0.25) is 0 Å². The first-order chi connectivity index (χ1) is 10.4. The summed E-state index contributed by atoms with van der Waals surface area (Å²) in [5.74, 6) is 1.58. The van der Waals surface area contributed by atoms with Gasteiger partial charge in [-0.15, -0.1) is 0 Å². The molecular weight excluding hydrogens is 264 g/mol. The zero-order valence-electron chi connectivity index (χ0n) is 12.6. The first kappa shape index (κ1) is 14.7. The molecule has 0 bridgehead atoms. The van der Waals surface area contributed by atoms with E-state index in [9.17, 15) is 0 Å². The van der Waals surface area contributed by atoms with E-state index < -0.39 is 0 Å². The minimum atomic E-state index is 0.572. The van der Waals surface area contributed by atoms with Crippen LogP contribution in [-0.4, -0.2) is 25.7 Å². The molecule has 2 N–H and O–H groups in total. The molecule has 2 saturated heterocycles. The number of hydrogen-bond donors (Lipinski definition) is 2. The van der Waals surface area contributed by atoms with Crippen LogP contribution in [0.25, 0.3) is 0 Å². The first-order valence-electron chi connectivity index (χ1n) is 8.27. The van der Waals surface area contributed by atoms with Crippen molar-refractivity contribution in [2.45, 2.75) is 44.6 Å². The number of hydrogen-bond acceptors (Lipinski definition) is 4. The van der Waals surface area contributed by atoms with Crippen LogP contribution in [0.1, 0.15) is 38.5 Å². The predicted molar refractivity (Wildman–Crippen MR) is 83.3 cm³/mol. The Balaban J connectivity index is 0.000000126. The number of nitrogens with one attached hydrogen (secondary N) is 2. The van der Waals surface area contributed by atoms with Crippen LogP contribution < -0.4 is 10.6 Å². The van der Waals surface area contributed by atoms with Gasteiger partial charge < -0.3 is 15.5 Å². The third-order valence-electron chi connectivity index (χ3n) is 4.44. The first-order valence-corrected chi connectivity index (χ1v) is 8.27. The van der Waals surface area contributed by atoms with Crippen molar-refractivity contribution in [1.29, 1.82) is 0 Å². The maximum Gasteiger partial charge on any atom is 0.145 e. The van der Waals surface area contributed by atoms with Crippen molar-refractivity contribution in [2.24, 2.45) is 5.92 Å². The molecule has 2 unspecified atom stereocenters. The van der Waals surface area contributed by atoms with E-state index in [4.69, 9.17) is 9.78 Å². The Morgan fingerprint density at radius 1 is 1.14 bits per heavy atom. The van der Waals surface area contributed by atoms with Gasteiger partial charge in [0.1, 0.15) is 5.76 Å². The van der Waals surface area contributed by atoms with Gasteiger partial charge in [-0.05, 0) is 44.6 Å².